The lowest BCUT2D eigenvalue weighted by atomic mass is 10.0. The minimum atomic E-state index is 0.426. The van der Waals surface area contributed by atoms with Crippen molar-refractivity contribution in [2.24, 2.45) is 0 Å². The summed E-state index contributed by atoms with van der Waals surface area (Å²) in [5.41, 5.74) is 4.03. The fourth-order valence-electron chi connectivity index (χ4n) is 3.99. The highest BCUT2D eigenvalue weighted by molar-refractivity contribution is 5.89. The maximum absolute atomic E-state index is 4.97. The Morgan fingerprint density at radius 3 is 2.61 bits per heavy atom. The molecule has 1 fully saturated rings. The second-order valence-electron chi connectivity index (χ2n) is 7.11. The van der Waals surface area contributed by atoms with Crippen molar-refractivity contribution < 1.29 is 0 Å². The smallest absolute Gasteiger partial charge is 0.180 e. The van der Waals surface area contributed by atoms with Crippen molar-refractivity contribution in [1.29, 1.82) is 0 Å². The average Bonchev–Trinajstić information content (AvgIpc) is 3.42. The number of aromatic nitrogens is 5. The molecule has 1 aliphatic heterocycles. The lowest BCUT2D eigenvalue weighted by Crippen LogP contribution is -2.22. The number of hydrogen-bond acceptors (Lipinski definition) is 5. The molecule has 6 heteroatoms. The third-order valence-corrected chi connectivity index (χ3v) is 5.42. The van der Waals surface area contributed by atoms with Crippen LogP contribution in [0.25, 0.3) is 22.6 Å². The fourth-order valence-corrected chi connectivity index (χ4v) is 3.99. The van der Waals surface area contributed by atoms with Crippen molar-refractivity contribution in [3.05, 3.63) is 66.7 Å². The number of pyridine rings is 2. The quantitative estimate of drug-likeness (QED) is 0.545. The predicted molar refractivity (Wildman–Crippen MR) is 110 cm³/mol. The molecule has 0 N–H and O–H groups in total. The topological polar surface area (TPSA) is 59.7 Å². The van der Waals surface area contributed by atoms with E-state index in [1.165, 1.54) is 0 Å². The summed E-state index contributed by atoms with van der Waals surface area (Å²) in [5, 5.41) is 0. The zero-order chi connectivity index (χ0) is 18.9. The minimum Gasteiger partial charge on any atom is -0.354 e. The van der Waals surface area contributed by atoms with E-state index in [2.05, 4.69) is 50.8 Å². The Morgan fingerprint density at radius 1 is 1.00 bits per heavy atom. The van der Waals surface area contributed by atoms with Gasteiger partial charge in [-0.1, -0.05) is 12.1 Å². The van der Waals surface area contributed by atoms with Gasteiger partial charge in [-0.3, -0.25) is 9.97 Å². The van der Waals surface area contributed by atoms with E-state index in [1.807, 2.05) is 30.5 Å². The van der Waals surface area contributed by atoms with Gasteiger partial charge in [0.05, 0.1) is 5.52 Å². The third kappa shape index (κ3) is 2.91. The molecule has 6 nitrogen and oxygen atoms in total. The Morgan fingerprint density at radius 2 is 1.86 bits per heavy atom. The Bertz CT molecular complexity index is 1090. The molecule has 1 aliphatic rings. The van der Waals surface area contributed by atoms with Gasteiger partial charge in [-0.15, -0.1) is 0 Å². The SMILES string of the molecule is CCn1ccc2nc(-c3ccccn3)nc(N3CCC(c4ccccn4)C3)c21. The van der Waals surface area contributed by atoms with Gasteiger partial charge in [0, 0.05) is 49.8 Å². The maximum atomic E-state index is 4.97. The molecular formula is C22H22N6. The van der Waals surface area contributed by atoms with E-state index in [-0.39, 0.29) is 0 Å². The summed E-state index contributed by atoms with van der Waals surface area (Å²) in [4.78, 5) is 21.2. The Balaban J connectivity index is 1.58. The molecule has 0 radical (unpaired) electrons. The van der Waals surface area contributed by atoms with Crippen LogP contribution in [0.5, 0.6) is 0 Å². The lowest BCUT2D eigenvalue weighted by molar-refractivity contribution is 0.743. The number of anilines is 1. The molecule has 0 bridgehead atoms. The standard InChI is InChI=1S/C22H22N6/c1-2-27-14-10-18-20(27)22(26-21(25-18)19-8-4-6-12-24-19)28-13-9-16(15-28)17-7-3-5-11-23-17/h3-8,10-12,14,16H,2,9,13,15H2,1H3. The van der Waals surface area contributed by atoms with Gasteiger partial charge in [0.1, 0.15) is 11.2 Å². The Hall–Kier alpha value is -3.28. The molecule has 0 spiro atoms. The van der Waals surface area contributed by atoms with Gasteiger partial charge in [0.25, 0.3) is 0 Å². The second-order valence-corrected chi connectivity index (χ2v) is 7.11. The second kappa shape index (κ2) is 7.03. The van der Waals surface area contributed by atoms with E-state index in [0.29, 0.717) is 11.7 Å². The van der Waals surface area contributed by atoms with E-state index in [9.17, 15) is 0 Å². The number of fused-ring (bicyclic) bond motifs is 1. The van der Waals surface area contributed by atoms with Crippen LogP contribution < -0.4 is 4.90 Å². The van der Waals surface area contributed by atoms with Crippen molar-refractivity contribution in [1.82, 2.24) is 24.5 Å². The summed E-state index contributed by atoms with van der Waals surface area (Å²) in [6, 6.07) is 14.1. The average molecular weight is 370 g/mol. The molecule has 5 heterocycles. The van der Waals surface area contributed by atoms with E-state index < -0.39 is 0 Å². The van der Waals surface area contributed by atoms with E-state index in [0.717, 1.165) is 54.3 Å². The van der Waals surface area contributed by atoms with Crippen molar-refractivity contribution in [2.45, 2.75) is 25.8 Å². The highest BCUT2D eigenvalue weighted by atomic mass is 15.2. The van der Waals surface area contributed by atoms with Crippen LogP contribution in [0.3, 0.4) is 0 Å². The number of aryl methyl sites for hydroxylation is 1. The zero-order valence-corrected chi connectivity index (χ0v) is 15.9. The first kappa shape index (κ1) is 16.9. The Labute approximate surface area is 163 Å². The fraction of sp³-hybridized carbons (Fsp3) is 0.273. The van der Waals surface area contributed by atoms with Crippen molar-refractivity contribution in [2.75, 3.05) is 18.0 Å². The number of rotatable bonds is 4. The predicted octanol–water partition coefficient (Wildman–Crippen LogP) is 3.90. The zero-order valence-electron chi connectivity index (χ0n) is 15.9. The van der Waals surface area contributed by atoms with Crippen LogP contribution >= 0.6 is 0 Å². The molecule has 1 atom stereocenters. The highest BCUT2D eigenvalue weighted by Gasteiger charge is 2.28. The van der Waals surface area contributed by atoms with E-state index >= 15 is 0 Å². The van der Waals surface area contributed by atoms with Crippen molar-refractivity contribution in [3.8, 4) is 11.5 Å². The molecule has 4 aromatic heterocycles. The van der Waals surface area contributed by atoms with Gasteiger partial charge in [0.15, 0.2) is 11.6 Å². The first-order valence-corrected chi connectivity index (χ1v) is 9.77. The summed E-state index contributed by atoms with van der Waals surface area (Å²) in [7, 11) is 0. The molecule has 28 heavy (non-hydrogen) atoms. The molecular weight excluding hydrogens is 348 g/mol. The minimum absolute atomic E-state index is 0.426. The van der Waals surface area contributed by atoms with E-state index in [1.54, 1.807) is 6.20 Å². The van der Waals surface area contributed by atoms with Crippen LogP contribution in [-0.2, 0) is 6.54 Å². The molecule has 1 unspecified atom stereocenters. The summed E-state index contributed by atoms with van der Waals surface area (Å²) in [6.45, 7) is 4.92. The molecule has 0 saturated carbocycles. The Kier molecular flexibility index (Phi) is 4.24. The first-order valence-electron chi connectivity index (χ1n) is 9.77. The van der Waals surface area contributed by atoms with Crippen LogP contribution in [0.4, 0.5) is 5.82 Å². The molecule has 140 valence electrons. The normalized spacial score (nSPS) is 16.8. The summed E-state index contributed by atoms with van der Waals surface area (Å²) < 4.78 is 2.22. The first-order chi connectivity index (χ1) is 13.8. The van der Waals surface area contributed by atoms with Gasteiger partial charge < -0.3 is 9.47 Å². The molecule has 0 amide bonds. The van der Waals surface area contributed by atoms with Crippen LogP contribution in [0.1, 0.15) is 25.0 Å². The van der Waals surface area contributed by atoms with Crippen LogP contribution in [0.15, 0.2) is 61.1 Å². The largest absolute Gasteiger partial charge is 0.354 e. The van der Waals surface area contributed by atoms with E-state index in [4.69, 9.17) is 9.97 Å². The lowest BCUT2D eigenvalue weighted by Gasteiger charge is -2.20. The van der Waals surface area contributed by atoms with Gasteiger partial charge in [-0.25, -0.2) is 9.97 Å². The summed E-state index contributed by atoms with van der Waals surface area (Å²) >= 11 is 0. The molecule has 0 aromatic carbocycles. The maximum Gasteiger partial charge on any atom is 0.180 e. The van der Waals surface area contributed by atoms with Crippen molar-refractivity contribution in [3.63, 3.8) is 0 Å². The molecule has 5 rings (SSSR count). The molecule has 0 aliphatic carbocycles. The number of hydrogen-bond donors (Lipinski definition) is 0. The highest BCUT2D eigenvalue weighted by Crippen LogP contribution is 2.34. The van der Waals surface area contributed by atoms with Gasteiger partial charge in [-0.05, 0) is 43.7 Å². The van der Waals surface area contributed by atoms with Gasteiger partial charge in [0.2, 0.25) is 0 Å². The van der Waals surface area contributed by atoms with Gasteiger partial charge in [-0.2, -0.15) is 0 Å². The summed E-state index contributed by atoms with van der Waals surface area (Å²) in [6.07, 6.45) is 6.83. The monoisotopic (exact) mass is 370 g/mol. The van der Waals surface area contributed by atoms with Crippen LogP contribution in [0, 0.1) is 0 Å². The molecule has 4 aromatic rings. The van der Waals surface area contributed by atoms with Crippen LogP contribution in [0.2, 0.25) is 0 Å². The molecule has 1 saturated heterocycles. The van der Waals surface area contributed by atoms with Gasteiger partial charge >= 0.3 is 0 Å². The summed E-state index contributed by atoms with van der Waals surface area (Å²) in [5.74, 6) is 2.10. The third-order valence-electron chi connectivity index (χ3n) is 5.42. The number of nitrogens with zero attached hydrogens (tertiary/aromatic N) is 6. The van der Waals surface area contributed by atoms with Crippen molar-refractivity contribution >= 4 is 16.9 Å². The van der Waals surface area contributed by atoms with Crippen LogP contribution in [-0.4, -0.2) is 37.6 Å².